The molecule has 0 aromatic heterocycles. The van der Waals surface area contributed by atoms with Gasteiger partial charge in [0.05, 0.1) is 12.6 Å². The molecule has 0 bridgehead atoms. The van der Waals surface area contributed by atoms with Crippen LogP contribution in [0.1, 0.15) is 0 Å². The molecule has 10 heteroatoms. The number of hydrogen-bond donors (Lipinski definition) is 4. The highest BCUT2D eigenvalue weighted by atomic mass is 32.2. The highest BCUT2D eigenvalue weighted by molar-refractivity contribution is 7.85. The van der Waals surface area contributed by atoms with Gasteiger partial charge in [0.2, 0.25) is 0 Å². The Morgan fingerprint density at radius 1 is 1.20 bits per heavy atom. The van der Waals surface area contributed by atoms with Crippen molar-refractivity contribution >= 4 is 22.3 Å². The van der Waals surface area contributed by atoms with Crippen LogP contribution in [0.5, 0.6) is 0 Å². The first-order valence-corrected chi connectivity index (χ1v) is 5.11. The number of carboxylic acid groups (broad SMARTS) is 2. The summed E-state index contributed by atoms with van der Waals surface area (Å²) in [6, 6.07) is 0. The van der Waals surface area contributed by atoms with E-state index in [2.05, 4.69) is 0 Å². The van der Waals surface area contributed by atoms with E-state index in [1.807, 2.05) is 0 Å². The van der Waals surface area contributed by atoms with E-state index in [4.69, 9.17) is 19.9 Å². The molecule has 0 rings (SSSR count). The van der Waals surface area contributed by atoms with E-state index in [0.29, 0.717) is 0 Å². The fraction of sp³-hybridized carbons (Fsp3) is 0.600. The minimum absolute atomic E-state index is 0.199. The Kier molecular flexibility index (Phi) is 4.45. The summed E-state index contributed by atoms with van der Waals surface area (Å²) in [5, 5.41) is 25.6. The summed E-state index contributed by atoms with van der Waals surface area (Å²) in [4.78, 5) is 20.3. The molecule has 4 N–H and O–H groups in total. The summed E-state index contributed by atoms with van der Waals surface area (Å²) in [6.45, 7) is -0.954. The second-order valence-corrected chi connectivity index (χ2v) is 4.08. The van der Waals surface area contributed by atoms with Gasteiger partial charge in [0.1, 0.15) is 5.75 Å². The average molecular weight is 243 g/mol. The van der Waals surface area contributed by atoms with Crippen molar-refractivity contribution in [2.45, 2.75) is 6.10 Å². The maximum absolute atomic E-state index is 10.3. The van der Waals surface area contributed by atoms with Gasteiger partial charge in [0.15, 0.2) is 0 Å². The van der Waals surface area contributed by atoms with E-state index in [0.717, 1.165) is 0 Å². The SMILES string of the molecule is O=C(O)N(CC(O)CS(=O)(=O)O)C(=O)O. The lowest BCUT2D eigenvalue weighted by atomic mass is 10.4. The Morgan fingerprint density at radius 2 is 1.60 bits per heavy atom. The van der Waals surface area contributed by atoms with Crippen molar-refractivity contribution in [2.24, 2.45) is 0 Å². The molecule has 0 aromatic rings. The normalized spacial score (nSPS) is 13.2. The van der Waals surface area contributed by atoms with Gasteiger partial charge in [-0.25, -0.2) is 14.5 Å². The smallest absolute Gasteiger partial charge is 0.416 e. The Hall–Kier alpha value is -1.39. The van der Waals surface area contributed by atoms with Gasteiger partial charge in [0.25, 0.3) is 10.1 Å². The van der Waals surface area contributed by atoms with E-state index >= 15 is 0 Å². The van der Waals surface area contributed by atoms with Crippen LogP contribution >= 0.6 is 0 Å². The van der Waals surface area contributed by atoms with Gasteiger partial charge in [-0.3, -0.25) is 4.55 Å². The van der Waals surface area contributed by atoms with E-state index in [9.17, 15) is 18.0 Å². The first-order valence-electron chi connectivity index (χ1n) is 3.50. The molecule has 88 valence electrons. The van der Waals surface area contributed by atoms with Crippen LogP contribution in [0.15, 0.2) is 0 Å². The maximum Gasteiger partial charge on any atom is 0.416 e. The van der Waals surface area contributed by atoms with Crippen molar-refractivity contribution in [3.05, 3.63) is 0 Å². The lowest BCUT2D eigenvalue weighted by Gasteiger charge is -2.16. The third kappa shape index (κ3) is 5.83. The molecule has 0 aliphatic heterocycles. The van der Waals surface area contributed by atoms with Crippen LogP contribution in [0, 0.1) is 0 Å². The monoisotopic (exact) mass is 243 g/mol. The predicted octanol–water partition coefficient (Wildman–Crippen LogP) is -1.11. The molecule has 0 aliphatic carbocycles. The number of carbonyl (C=O) groups is 2. The summed E-state index contributed by atoms with van der Waals surface area (Å²) >= 11 is 0. The molecule has 9 nitrogen and oxygen atoms in total. The third-order valence-electron chi connectivity index (χ3n) is 1.26. The molecular weight excluding hydrogens is 234 g/mol. The van der Waals surface area contributed by atoms with Gasteiger partial charge in [-0.15, -0.1) is 0 Å². The Balaban J connectivity index is 4.43. The molecule has 15 heavy (non-hydrogen) atoms. The lowest BCUT2D eigenvalue weighted by Crippen LogP contribution is -2.42. The highest BCUT2D eigenvalue weighted by Gasteiger charge is 2.25. The van der Waals surface area contributed by atoms with Crippen LogP contribution < -0.4 is 0 Å². The number of rotatable bonds is 4. The van der Waals surface area contributed by atoms with Gasteiger partial charge >= 0.3 is 12.2 Å². The zero-order chi connectivity index (χ0) is 12.2. The second-order valence-electron chi connectivity index (χ2n) is 2.58. The summed E-state index contributed by atoms with van der Waals surface area (Å²) in [7, 11) is -4.48. The predicted molar refractivity (Wildman–Crippen MR) is 45.2 cm³/mol. The number of amides is 2. The average Bonchev–Trinajstić information content (AvgIpc) is 1.95. The molecule has 1 atom stereocenters. The minimum Gasteiger partial charge on any atom is -0.465 e. The number of nitrogens with zero attached hydrogens (tertiary/aromatic N) is 1. The number of aliphatic hydroxyl groups is 1. The Labute approximate surface area is 84.3 Å². The van der Waals surface area contributed by atoms with Gasteiger partial charge < -0.3 is 15.3 Å². The van der Waals surface area contributed by atoms with Crippen LogP contribution in [0.25, 0.3) is 0 Å². The Bertz CT molecular complexity index is 334. The van der Waals surface area contributed by atoms with Crippen molar-refractivity contribution in [3.8, 4) is 0 Å². The van der Waals surface area contributed by atoms with Crippen LogP contribution in [-0.2, 0) is 10.1 Å². The van der Waals surface area contributed by atoms with Crippen LogP contribution in [0.4, 0.5) is 9.59 Å². The standard InChI is InChI=1S/C5H9NO8S/c7-3(2-15(12,13)14)1-6(4(8)9)5(10)11/h3,7H,1-2H2,(H,8,9)(H,10,11)(H,12,13,14). The molecule has 0 saturated carbocycles. The van der Waals surface area contributed by atoms with Crippen LogP contribution in [0.3, 0.4) is 0 Å². The quantitative estimate of drug-likeness (QED) is 0.453. The van der Waals surface area contributed by atoms with Crippen molar-refractivity contribution in [3.63, 3.8) is 0 Å². The minimum atomic E-state index is -4.48. The fourth-order valence-electron chi connectivity index (χ4n) is 0.745. The molecule has 0 aromatic carbocycles. The lowest BCUT2D eigenvalue weighted by molar-refractivity contribution is 0.0941. The fourth-order valence-corrected chi connectivity index (χ4v) is 1.34. The molecule has 0 radical (unpaired) electrons. The summed E-state index contributed by atoms with van der Waals surface area (Å²) < 4.78 is 28.8. The highest BCUT2D eigenvalue weighted by Crippen LogP contribution is 1.97. The zero-order valence-corrected chi connectivity index (χ0v) is 8.09. The summed E-state index contributed by atoms with van der Waals surface area (Å²) in [5.74, 6) is -1.13. The zero-order valence-electron chi connectivity index (χ0n) is 7.27. The largest absolute Gasteiger partial charge is 0.465 e. The molecule has 0 spiro atoms. The number of aliphatic hydroxyl groups excluding tert-OH is 1. The van der Waals surface area contributed by atoms with Crippen LogP contribution in [-0.4, -0.2) is 63.8 Å². The second kappa shape index (κ2) is 4.91. The first-order chi connectivity index (χ1) is 6.63. The van der Waals surface area contributed by atoms with Gasteiger partial charge in [-0.05, 0) is 0 Å². The molecule has 1 unspecified atom stereocenters. The van der Waals surface area contributed by atoms with E-state index in [1.54, 1.807) is 0 Å². The summed E-state index contributed by atoms with van der Waals surface area (Å²) in [6.07, 6.45) is -5.51. The molecule has 2 amide bonds. The molecule has 0 fully saturated rings. The van der Waals surface area contributed by atoms with Crippen LogP contribution in [0.2, 0.25) is 0 Å². The van der Waals surface area contributed by atoms with E-state index < -0.39 is 40.7 Å². The molecule has 0 heterocycles. The molecular formula is C5H9NO8S. The van der Waals surface area contributed by atoms with Gasteiger partial charge in [-0.2, -0.15) is 8.42 Å². The van der Waals surface area contributed by atoms with Crippen molar-refractivity contribution in [1.82, 2.24) is 4.90 Å². The first kappa shape index (κ1) is 13.6. The Morgan fingerprint density at radius 3 is 1.87 bits per heavy atom. The molecule has 0 saturated heterocycles. The van der Waals surface area contributed by atoms with E-state index in [1.165, 1.54) is 0 Å². The van der Waals surface area contributed by atoms with Gasteiger partial charge in [-0.1, -0.05) is 0 Å². The summed E-state index contributed by atoms with van der Waals surface area (Å²) in [5.41, 5.74) is 0. The maximum atomic E-state index is 10.3. The number of imide groups is 1. The molecule has 0 aliphatic rings. The van der Waals surface area contributed by atoms with Crippen molar-refractivity contribution in [2.75, 3.05) is 12.3 Å². The van der Waals surface area contributed by atoms with E-state index in [-0.39, 0.29) is 4.90 Å². The van der Waals surface area contributed by atoms with Crippen molar-refractivity contribution in [1.29, 1.82) is 0 Å². The topological polar surface area (TPSA) is 152 Å². The third-order valence-corrected chi connectivity index (χ3v) is 2.06. The number of hydrogen-bond acceptors (Lipinski definition) is 5. The van der Waals surface area contributed by atoms with Crippen molar-refractivity contribution < 1.29 is 37.9 Å². The van der Waals surface area contributed by atoms with Gasteiger partial charge in [0, 0.05) is 0 Å².